The lowest BCUT2D eigenvalue weighted by Gasteiger charge is -2.42. The highest BCUT2D eigenvalue weighted by Gasteiger charge is 2.53. The third-order valence-electron chi connectivity index (χ3n) is 4.78. The molecule has 4 unspecified atom stereocenters. The highest BCUT2D eigenvalue weighted by molar-refractivity contribution is 5.07. The van der Waals surface area contributed by atoms with Crippen LogP contribution in [-0.2, 0) is 0 Å². The van der Waals surface area contributed by atoms with Crippen LogP contribution in [0.15, 0.2) is 0 Å². The number of nitrogens with one attached hydrogen (secondary N) is 1. The summed E-state index contributed by atoms with van der Waals surface area (Å²) in [6.45, 7) is 1.12. The Bertz CT molecular complexity index is 224. The third kappa shape index (κ3) is 1.24. The molecule has 0 spiro atoms. The molecule has 1 aliphatic heterocycles. The Morgan fingerprint density at radius 3 is 2.64 bits per heavy atom. The molecule has 2 heteroatoms. The maximum absolute atomic E-state index is 10.7. The number of hydrogen-bond acceptors (Lipinski definition) is 2. The summed E-state index contributed by atoms with van der Waals surface area (Å²) in [6, 6.07) is 0.409. The molecule has 2 nitrogen and oxygen atoms in total. The molecule has 1 saturated heterocycles. The van der Waals surface area contributed by atoms with Gasteiger partial charge in [0, 0.05) is 6.04 Å². The van der Waals surface area contributed by atoms with Crippen LogP contribution >= 0.6 is 0 Å². The van der Waals surface area contributed by atoms with Crippen molar-refractivity contribution in [3.8, 4) is 0 Å². The van der Waals surface area contributed by atoms with Crippen molar-refractivity contribution in [2.75, 3.05) is 6.54 Å². The summed E-state index contributed by atoms with van der Waals surface area (Å²) in [5.74, 6) is 1.46. The maximum Gasteiger partial charge on any atom is 0.0830 e. The van der Waals surface area contributed by atoms with E-state index in [0.717, 1.165) is 18.9 Å². The van der Waals surface area contributed by atoms with E-state index in [1.54, 1.807) is 0 Å². The van der Waals surface area contributed by atoms with Gasteiger partial charge in [-0.2, -0.15) is 0 Å². The molecule has 0 aromatic heterocycles. The Labute approximate surface area is 86.1 Å². The van der Waals surface area contributed by atoms with Gasteiger partial charge in [-0.25, -0.2) is 0 Å². The van der Waals surface area contributed by atoms with Crippen molar-refractivity contribution in [3.05, 3.63) is 0 Å². The molecular weight excluding hydrogens is 174 g/mol. The normalized spacial score (nSPS) is 52.5. The molecule has 1 heterocycles. The van der Waals surface area contributed by atoms with Crippen molar-refractivity contribution < 1.29 is 5.11 Å². The Kier molecular flexibility index (Phi) is 2.10. The fourth-order valence-electron chi connectivity index (χ4n) is 4.05. The SMILES string of the molecule is OC1(C2CCCCN2)CC2CCC1C2. The summed E-state index contributed by atoms with van der Waals surface area (Å²) < 4.78 is 0. The number of fused-ring (bicyclic) bond motifs is 2. The number of hydrogen-bond donors (Lipinski definition) is 2. The molecule has 0 amide bonds. The van der Waals surface area contributed by atoms with Gasteiger partial charge in [-0.3, -0.25) is 0 Å². The van der Waals surface area contributed by atoms with Crippen LogP contribution in [0.5, 0.6) is 0 Å². The average Bonchev–Trinajstić information content (AvgIpc) is 2.79. The van der Waals surface area contributed by atoms with Gasteiger partial charge in [-0.05, 0) is 56.9 Å². The molecule has 2 N–H and O–H groups in total. The van der Waals surface area contributed by atoms with Crippen molar-refractivity contribution in [2.45, 2.75) is 56.6 Å². The Morgan fingerprint density at radius 2 is 2.07 bits per heavy atom. The highest BCUT2D eigenvalue weighted by Crippen LogP contribution is 2.52. The zero-order chi connectivity index (χ0) is 9.60. The second-order valence-corrected chi connectivity index (χ2v) is 5.57. The molecule has 2 aliphatic carbocycles. The quantitative estimate of drug-likeness (QED) is 0.667. The van der Waals surface area contributed by atoms with E-state index in [1.807, 2.05) is 0 Å². The largest absolute Gasteiger partial charge is 0.388 e. The molecule has 4 atom stereocenters. The lowest BCUT2D eigenvalue weighted by Crippen LogP contribution is -2.55. The molecule has 80 valence electrons. The van der Waals surface area contributed by atoms with Crippen molar-refractivity contribution in [2.24, 2.45) is 11.8 Å². The molecule has 0 aromatic rings. The summed E-state index contributed by atoms with van der Waals surface area (Å²) in [4.78, 5) is 0. The van der Waals surface area contributed by atoms with Gasteiger partial charge in [0.15, 0.2) is 0 Å². The van der Waals surface area contributed by atoms with E-state index in [-0.39, 0.29) is 5.60 Å². The Balaban J connectivity index is 1.75. The second kappa shape index (κ2) is 3.21. The molecule has 2 saturated carbocycles. The summed E-state index contributed by atoms with van der Waals surface area (Å²) in [6.07, 6.45) is 8.82. The molecule has 3 rings (SSSR count). The van der Waals surface area contributed by atoms with Crippen molar-refractivity contribution in [3.63, 3.8) is 0 Å². The average molecular weight is 195 g/mol. The summed E-state index contributed by atoms with van der Waals surface area (Å²) in [5, 5.41) is 14.3. The zero-order valence-corrected chi connectivity index (χ0v) is 8.84. The Morgan fingerprint density at radius 1 is 1.14 bits per heavy atom. The molecule has 3 aliphatic rings. The van der Waals surface area contributed by atoms with Crippen LogP contribution < -0.4 is 5.32 Å². The first-order chi connectivity index (χ1) is 6.79. The second-order valence-electron chi connectivity index (χ2n) is 5.57. The summed E-state index contributed by atoms with van der Waals surface area (Å²) in [7, 11) is 0. The van der Waals surface area contributed by atoms with Crippen molar-refractivity contribution >= 4 is 0 Å². The van der Waals surface area contributed by atoms with Crippen LogP contribution in [0, 0.1) is 11.8 Å². The van der Waals surface area contributed by atoms with Gasteiger partial charge in [-0.1, -0.05) is 6.42 Å². The first kappa shape index (κ1) is 9.17. The molecule has 2 bridgehead atoms. The van der Waals surface area contributed by atoms with Gasteiger partial charge in [0.25, 0.3) is 0 Å². The van der Waals surface area contributed by atoms with E-state index in [9.17, 15) is 5.11 Å². The van der Waals surface area contributed by atoms with Crippen LogP contribution in [0.4, 0.5) is 0 Å². The van der Waals surface area contributed by atoms with Gasteiger partial charge in [0.1, 0.15) is 0 Å². The smallest absolute Gasteiger partial charge is 0.0830 e. The highest BCUT2D eigenvalue weighted by atomic mass is 16.3. The van der Waals surface area contributed by atoms with E-state index in [2.05, 4.69) is 5.32 Å². The third-order valence-corrected chi connectivity index (χ3v) is 4.78. The van der Waals surface area contributed by atoms with E-state index in [0.29, 0.717) is 12.0 Å². The molecule has 14 heavy (non-hydrogen) atoms. The summed E-state index contributed by atoms with van der Waals surface area (Å²) in [5.41, 5.74) is -0.330. The van der Waals surface area contributed by atoms with Gasteiger partial charge in [0.05, 0.1) is 5.60 Å². The van der Waals surface area contributed by atoms with Crippen LogP contribution in [0.1, 0.15) is 44.9 Å². The van der Waals surface area contributed by atoms with Gasteiger partial charge in [0.2, 0.25) is 0 Å². The first-order valence-electron chi connectivity index (χ1n) is 6.25. The predicted molar refractivity (Wildman–Crippen MR) is 56.0 cm³/mol. The van der Waals surface area contributed by atoms with E-state index in [4.69, 9.17) is 0 Å². The molecule has 0 radical (unpaired) electrons. The minimum absolute atomic E-state index is 0.330. The van der Waals surface area contributed by atoms with Gasteiger partial charge in [-0.15, -0.1) is 0 Å². The van der Waals surface area contributed by atoms with E-state index in [1.165, 1.54) is 38.5 Å². The van der Waals surface area contributed by atoms with Crippen molar-refractivity contribution in [1.82, 2.24) is 5.32 Å². The molecule has 0 aromatic carbocycles. The van der Waals surface area contributed by atoms with Gasteiger partial charge < -0.3 is 10.4 Å². The number of aliphatic hydroxyl groups is 1. The monoisotopic (exact) mass is 195 g/mol. The minimum Gasteiger partial charge on any atom is -0.388 e. The fraction of sp³-hybridized carbons (Fsp3) is 1.00. The lowest BCUT2D eigenvalue weighted by atomic mass is 9.76. The molecular formula is C12H21NO. The van der Waals surface area contributed by atoms with Crippen molar-refractivity contribution in [1.29, 1.82) is 0 Å². The number of piperidine rings is 1. The van der Waals surface area contributed by atoms with Crippen LogP contribution in [0.3, 0.4) is 0 Å². The predicted octanol–water partition coefficient (Wildman–Crippen LogP) is 1.68. The molecule has 3 fully saturated rings. The fourth-order valence-corrected chi connectivity index (χ4v) is 4.05. The maximum atomic E-state index is 10.7. The van der Waals surface area contributed by atoms with Crippen LogP contribution in [-0.4, -0.2) is 23.3 Å². The van der Waals surface area contributed by atoms with E-state index < -0.39 is 0 Å². The Hall–Kier alpha value is -0.0800. The standard InChI is InChI=1S/C12H21NO/c14-12(11-3-1-2-6-13-11)8-9-4-5-10(12)7-9/h9-11,13-14H,1-8H2. The first-order valence-corrected chi connectivity index (χ1v) is 6.25. The van der Waals surface area contributed by atoms with Crippen LogP contribution in [0.25, 0.3) is 0 Å². The zero-order valence-electron chi connectivity index (χ0n) is 8.84. The van der Waals surface area contributed by atoms with Gasteiger partial charge >= 0.3 is 0 Å². The topological polar surface area (TPSA) is 32.3 Å². The minimum atomic E-state index is -0.330. The van der Waals surface area contributed by atoms with E-state index >= 15 is 0 Å². The summed E-state index contributed by atoms with van der Waals surface area (Å²) >= 11 is 0. The lowest BCUT2D eigenvalue weighted by molar-refractivity contribution is -0.0527. The van der Waals surface area contributed by atoms with Crippen LogP contribution in [0.2, 0.25) is 0 Å². The number of rotatable bonds is 1.